The van der Waals surface area contributed by atoms with Crippen LogP contribution < -0.4 is 0 Å². The standard InChI is InChI=1S/C6H13.Li/c1-5(2)6(3)4;/h5-6H,1H2,2-4H3;. The van der Waals surface area contributed by atoms with Gasteiger partial charge in [-0.1, -0.05) is 0 Å². The summed E-state index contributed by atoms with van der Waals surface area (Å²) in [6.07, 6.45) is 0. The Hall–Kier alpha value is 0.597. The first-order valence-electron chi connectivity index (χ1n) is 3.18. The molecule has 0 rings (SSSR count). The summed E-state index contributed by atoms with van der Waals surface area (Å²) < 4.78 is 0. The van der Waals surface area contributed by atoms with Gasteiger partial charge in [0, 0.05) is 0 Å². The zero-order valence-corrected chi connectivity index (χ0v) is 5.86. The van der Waals surface area contributed by atoms with E-state index in [9.17, 15) is 0 Å². The van der Waals surface area contributed by atoms with Gasteiger partial charge in [0.2, 0.25) is 0 Å². The van der Waals surface area contributed by atoms with Crippen molar-refractivity contribution in [3.8, 4) is 0 Å². The molecule has 38 valence electrons. The molecule has 0 aromatic rings. The molecule has 0 heterocycles. The van der Waals surface area contributed by atoms with Crippen molar-refractivity contribution >= 4 is 17.7 Å². The van der Waals surface area contributed by atoms with Crippen molar-refractivity contribution in [2.75, 3.05) is 0 Å². The maximum absolute atomic E-state index is 2.30. The third kappa shape index (κ3) is 3.20. The summed E-state index contributed by atoms with van der Waals surface area (Å²) in [4.78, 5) is 0. The van der Waals surface area contributed by atoms with Gasteiger partial charge in [-0.15, -0.1) is 0 Å². The Kier molecular flexibility index (Phi) is 3.89. The molecule has 0 saturated carbocycles. The molecule has 7 heavy (non-hydrogen) atoms. The van der Waals surface area contributed by atoms with Crippen LogP contribution in [0, 0.1) is 11.8 Å². The van der Waals surface area contributed by atoms with Gasteiger partial charge in [0.25, 0.3) is 0 Å². The summed E-state index contributed by atoms with van der Waals surface area (Å²) in [7, 11) is 0. The van der Waals surface area contributed by atoms with Crippen LogP contribution in [0.5, 0.6) is 0 Å². The predicted octanol–water partition coefficient (Wildman–Crippen LogP) is 1.87. The Morgan fingerprint density at radius 1 is 1.29 bits per heavy atom. The topological polar surface area (TPSA) is 0 Å². The second-order valence-electron chi connectivity index (χ2n) is 2.63. The van der Waals surface area contributed by atoms with E-state index >= 15 is 0 Å². The molecule has 0 aliphatic rings. The van der Waals surface area contributed by atoms with E-state index in [4.69, 9.17) is 0 Å². The summed E-state index contributed by atoms with van der Waals surface area (Å²) in [5.41, 5.74) is 0. The summed E-state index contributed by atoms with van der Waals surface area (Å²) >= 11 is 2.24. The molecule has 0 aliphatic carbocycles. The molecule has 0 amide bonds. The number of rotatable bonds is 2. The summed E-state index contributed by atoms with van der Waals surface area (Å²) in [6, 6.07) is 0. The Bertz CT molecular complexity index is 41.4. The third-order valence-corrected chi connectivity index (χ3v) is 1.78. The van der Waals surface area contributed by atoms with Gasteiger partial charge in [-0.25, -0.2) is 0 Å². The van der Waals surface area contributed by atoms with Gasteiger partial charge in [-0.05, 0) is 0 Å². The first-order chi connectivity index (χ1) is 3.18. The van der Waals surface area contributed by atoms with Crippen LogP contribution in [0.25, 0.3) is 0 Å². The minimum atomic E-state index is 0.866. The maximum atomic E-state index is 2.30. The van der Waals surface area contributed by atoms with Gasteiger partial charge in [0.05, 0.1) is 0 Å². The van der Waals surface area contributed by atoms with Crippen LogP contribution in [0.15, 0.2) is 0 Å². The van der Waals surface area contributed by atoms with Gasteiger partial charge in [-0.2, -0.15) is 0 Å². The van der Waals surface area contributed by atoms with E-state index in [0.717, 1.165) is 11.8 Å². The molecule has 0 saturated heterocycles. The predicted molar refractivity (Wildman–Crippen MR) is 34.6 cm³/mol. The van der Waals surface area contributed by atoms with Crippen molar-refractivity contribution in [1.29, 1.82) is 0 Å². The van der Waals surface area contributed by atoms with E-state index in [1.807, 2.05) is 0 Å². The van der Waals surface area contributed by atoms with Gasteiger partial charge >= 0.3 is 55.4 Å². The molecular weight excluding hydrogens is 79.0 g/mol. The minimum absolute atomic E-state index is 0.866. The van der Waals surface area contributed by atoms with E-state index in [0.29, 0.717) is 0 Å². The van der Waals surface area contributed by atoms with Crippen LogP contribution >= 0.6 is 0 Å². The molecule has 0 bridgehead atoms. The van der Waals surface area contributed by atoms with E-state index < -0.39 is 0 Å². The van der Waals surface area contributed by atoms with Crippen LogP contribution in [0.3, 0.4) is 0 Å². The van der Waals surface area contributed by atoms with E-state index in [1.165, 1.54) is 5.09 Å². The zero-order valence-electron chi connectivity index (χ0n) is 5.86. The monoisotopic (exact) mass is 92.1 g/mol. The average Bonchev–Trinajstić information content (AvgIpc) is 1.65. The van der Waals surface area contributed by atoms with Crippen molar-refractivity contribution in [3.63, 3.8) is 0 Å². The molecule has 0 aromatic heterocycles. The molecule has 1 atom stereocenters. The molecule has 0 aromatic carbocycles. The molecule has 0 spiro atoms. The first kappa shape index (κ1) is 7.60. The molecular formula is C6H13Li. The van der Waals surface area contributed by atoms with E-state index in [1.54, 1.807) is 0 Å². The molecule has 0 radical (unpaired) electrons. The van der Waals surface area contributed by atoms with E-state index in [2.05, 4.69) is 38.5 Å². The SMILES string of the molecule is [Li][CH2]C(C)C(C)C. The van der Waals surface area contributed by atoms with Gasteiger partial charge < -0.3 is 0 Å². The zero-order chi connectivity index (χ0) is 5.86. The van der Waals surface area contributed by atoms with E-state index in [-0.39, 0.29) is 0 Å². The van der Waals surface area contributed by atoms with Crippen molar-refractivity contribution in [1.82, 2.24) is 0 Å². The average molecular weight is 92.1 g/mol. The van der Waals surface area contributed by atoms with Crippen LogP contribution in [0.1, 0.15) is 20.8 Å². The Morgan fingerprint density at radius 3 is 1.71 bits per heavy atom. The van der Waals surface area contributed by atoms with Crippen LogP contribution in [-0.2, 0) is 0 Å². The number of hydrogen-bond acceptors (Lipinski definition) is 0. The quantitative estimate of drug-likeness (QED) is 0.456. The number of hydrogen-bond donors (Lipinski definition) is 0. The van der Waals surface area contributed by atoms with Gasteiger partial charge in [-0.3, -0.25) is 0 Å². The first-order valence-corrected chi connectivity index (χ1v) is 3.18. The second kappa shape index (κ2) is 3.58. The van der Waals surface area contributed by atoms with Crippen molar-refractivity contribution in [2.24, 2.45) is 11.8 Å². The van der Waals surface area contributed by atoms with Gasteiger partial charge in [0.15, 0.2) is 0 Å². The molecule has 0 fully saturated rings. The second-order valence-corrected chi connectivity index (χ2v) is 2.63. The Morgan fingerprint density at radius 2 is 1.71 bits per heavy atom. The van der Waals surface area contributed by atoms with Crippen LogP contribution in [0.4, 0.5) is 0 Å². The van der Waals surface area contributed by atoms with Crippen molar-refractivity contribution in [2.45, 2.75) is 25.9 Å². The fourth-order valence-electron chi connectivity index (χ4n) is 0.471. The fourth-order valence-corrected chi connectivity index (χ4v) is 0.471. The normalized spacial score (nSPS) is 15.1. The van der Waals surface area contributed by atoms with Crippen LogP contribution in [0.2, 0.25) is 5.09 Å². The van der Waals surface area contributed by atoms with Gasteiger partial charge in [0.1, 0.15) is 0 Å². The van der Waals surface area contributed by atoms with Crippen LogP contribution in [-0.4, -0.2) is 17.7 Å². The Labute approximate surface area is 55.9 Å². The fraction of sp³-hybridized carbons (Fsp3) is 1.00. The summed E-state index contributed by atoms with van der Waals surface area (Å²) in [5.74, 6) is 1.77. The molecule has 1 heteroatoms. The van der Waals surface area contributed by atoms with Crippen molar-refractivity contribution < 1.29 is 0 Å². The van der Waals surface area contributed by atoms with Crippen molar-refractivity contribution in [3.05, 3.63) is 0 Å². The summed E-state index contributed by atoms with van der Waals surface area (Å²) in [5, 5.41) is 1.32. The molecule has 0 nitrogen and oxygen atoms in total. The summed E-state index contributed by atoms with van der Waals surface area (Å²) in [6.45, 7) is 6.84. The molecule has 1 unspecified atom stereocenters. The third-order valence-electron chi connectivity index (χ3n) is 1.78. The Balaban J connectivity index is 3.14. The molecule has 0 N–H and O–H groups in total. The molecule has 0 aliphatic heterocycles.